The molecule has 1 rings (SSSR count). The fourth-order valence-corrected chi connectivity index (χ4v) is 1.72. The van der Waals surface area contributed by atoms with Crippen LogP contribution in [-0.2, 0) is 20.7 Å². The molecule has 0 spiro atoms. The number of hydrogen-bond acceptors (Lipinski definition) is 4. The molecule has 106 valence electrons. The molecule has 0 bridgehead atoms. The Morgan fingerprint density at radius 3 is 2.37 bits per heavy atom. The predicted molar refractivity (Wildman–Crippen MR) is 72.1 cm³/mol. The minimum atomic E-state index is -0.000278. The second kappa shape index (κ2) is 8.50. The van der Waals surface area contributed by atoms with E-state index in [2.05, 4.69) is 0 Å². The topological polar surface area (TPSA) is 59.0 Å². The molecule has 0 unspecified atom stereocenters. The van der Waals surface area contributed by atoms with Gasteiger partial charge in [0.05, 0.1) is 19.6 Å². The number of phenolic OH excluding ortho intramolecular Hbond substituents is 1. The first kappa shape index (κ1) is 15.5. The molecule has 5 heteroatoms. The van der Waals surface area contributed by atoms with Crippen LogP contribution >= 0.6 is 0 Å². The van der Waals surface area contributed by atoms with Gasteiger partial charge in [-0.3, -0.25) is 4.79 Å². The summed E-state index contributed by atoms with van der Waals surface area (Å²) in [6.45, 7) is 2.07. The lowest BCUT2D eigenvalue weighted by Crippen LogP contribution is -2.37. The van der Waals surface area contributed by atoms with Crippen LogP contribution in [0.2, 0.25) is 0 Å². The zero-order valence-corrected chi connectivity index (χ0v) is 11.5. The molecule has 1 amide bonds. The number of ether oxygens (including phenoxy) is 2. The average molecular weight is 267 g/mol. The summed E-state index contributed by atoms with van der Waals surface area (Å²) >= 11 is 0. The molecule has 19 heavy (non-hydrogen) atoms. The number of amides is 1. The van der Waals surface area contributed by atoms with Crippen LogP contribution in [0.3, 0.4) is 0 Å². The van der Waals surface area contributed by atoms with Crippen molar-refractivity contribution in [3.63, 3.8) is 0 Å². The van der Waals surface area contributed by atoms with Gasteiger partial charge in [-0.1, -0.05) is 12.1 Å². The fraction of sp³-hybridized carbons (Fsp3) is 0.500. The van der Waals surface area contributed by atoms with Crippen molar-refractivity contribution in [2.75, 3.05) is 40.5 Å². The van der Waals surface area contributed by atoms with E-state index >= 15 is 0 Å². The molecule has 0 aliphatic rings. The van der Waals surface area contributed by atoms with E-state index in [-0.39, 0.29) is 18.1 Å². The van der Waals surface area contributed by atoms with Crippen LogP contribution in [0.4, 0.5) is 0 Å². The predicted octanol–water partition coefficient (Wildman–Crippen LogP) is 1.06. The smallest absolute Gasteiger partial charge is 0.227 e. The molecule has 0 heterocycles. The van der Waals surface area contributed by atoms with Gasteiger partial charge in [0.2, 0.25) is 5.91 Å². The van der Waals surface area contributed by atoms with Crippen molar-refractivity contribution in [1.29, 1.82) is 0 Å². The van der Waals surface area contributed by atoms with E-state index in [1.54, 1.807) is 37.3 Å². The molecule has 0 atom stereocenters. The number of nitrogens with zero attached hydrogens (tertiary/aromatic N) is 1. The highest BCUT2D eigenvalue weighted by Crippen LogP contribution is 2.12. The van der Waals surface area contributed by atoms with Gasteiger partial charge in [0.1, 0.15) is 5.75 Å². The van der Waals surface area contributed by atoms with Crippen LogP contribution in [0, 0.1) is 0 Å². The minimum Gasteiger partial charge on any atom is -0.508 e. The third kappa shape index (κ3) is 5.72. The zero-order valence-electron chi connectivity index (χ0n) is 11.5. The van der Waals surface area contributed by atoms with Gasteiger partial charge in [0.25, 0.3) is 0 Å². The van der Waals surface area contributed by atoms with E-state index < -0.39 is 0 Å². The van der Waals surface area contributed by atoms with Crippen molar-refractivity contribution in [2.45, 2.75) is 6.42 Å². The maximum absolute atomic E-state index is 12.2. The molecule has 1 aromatic rings. The Kier molecular flexibility index (Phi) is 6.92. The van der Waals surface area contributed by atoms with Crippen molar-refractivity contribution >= 4 is 5.91 Å². The Labute approximate surface area is 113 Å². The maximum atomic E-state index is 12.2. The van der Waals surface area contributed by atoms with Crippen LogP contribution in [0.25, 0.3) is 0 Å². The summed E-state index contributed by atoms with van der Waals surface area (Å²) in [5, 5.41) is 9.38. The molecule has 0 aliphatic carbocycles. The molecule has 0 saturated carbocycles. The Morgan fingerprint density at radius 2 is 1.84 bits per heavy atom. The lowest BCUT2D eigenvalue weighted by atomic mass is 10.1. The van der Waals surface area contributed by atoms with Gasteiger partial charge in [-0.25, -0.2) is 0 Å². The van der Waals surface area contributed by atoms with Gasteiger partial charge in [-0.05, 0) is 17.7 Å². The van der Waals surface area contributed by atoms with Crippen molar-refractivity contribution in [1.82, 2.24) is 4.90 Å². The lowest BCUT2D eigenvalue weighted by Gasteiger charge is -2.22. The largest absolute Gasteiger partial charge is 0.508 e. The second-order valence-electron chi connectivity index (χ2n) is 4.21. The molecular formula is C14H21NO4. The molecule has 0 aliphatic heterocycles. The monoisotopic (exact) mass is 267 g/mol. The molecule has 1 N–H and O–H groups in total. The number of carbonyl (C=O) groups is 1. The molecular weight excluding hydrogens is 246 g/mol. The van der Waals surface area contributed by atoms with Crippen LogP contribution in [0.5, 0.6) is 5.75 Å². The van der Waals surface area contributed by atoms with Crippen molar-refractivity contribution in [3.05, 3.63) is 29.8 Å². The Balaban J connectivity index is 2.59. The zero-order chi connectivity index (χ0) is 14.1. The van der Waals surface area contributed by atoms with Crippen molar-refractivity contribution in [2.24, 2.45) is 0 Å². The molecule has 0 saturated heterocycles. The lowest BCUT2D eigenvalue weighted by molar-refractivity contribution is -0.131. The van der Waals surface area contributed by atoms with E-state index in [9.17, 15) is 9.90 Å². The van der Waals surface area contributed by atoms with Gasteiger partial charge in [-0.2, -0.15) is 0 Å². The highest BCUT2D eigenvalue weighted by Gasteiger charge is 2.13. The Morgan fingerprint density at radius 1 is 1.21 bits per heavy atom. The molecule has 5 nitrogen and oxygen atoms in total. The number of phenols is 1. The van der Waals surface area contributed by atoms with Crippen molar-refractivity contribution in [3.8, 4) is 5.75 Å². The number of benzene rings is 1. The van der Waals surface area contributed by atoms with Crippen LogP contribution in [0.1, 0.15) is 5.56 Å². The van der Waals surface area contributed by atoms with E-state index in [1.807, 2.05) is 6.07 Å². The minimum absolute atomic E-state index is 0.000278. The van der Waals surface area contributed by atoms with E-state index in [4.69, 9.17) is 9.47 Å². The summed E-state index contributed by atoms with van der Waals surface area (Å²) in [6, 6.07) is 6.74. The van der Waals surface area contributed by atoms with Crippen LogP contribution in [0.15, 0.2) is 24.3 Å². The van der Waals surface area contributed by atoms with Crippen LogP contribution in [-0.4, -0.2) is 56.4 Å². The maximum Gasteiger partial charge on any atom is 0.227 e. The number of methoxy groups -OCH3 is 2. The van der Waals surface area contributed by atoms with E-state index in [1.165, 1.54) is 0 Å². The molecule has 0 aromatic heterocycles. The van der Waals surface area contributed by atoms with Gasteiger partial charge < -0.3 is 19.5 Å². The number of carbonyl (C=O) groups excluding carboxylic acids is 1. The summed E-state index contributed by atoms with van der Waals surface area (Å²) in [5.41, 5.74) is 0.796. The summed E-state index contributed by atoms with van der Waals surface area (Å²) in [4.78, 5) is 13.9. The first-order valence-electron chi connectivity index (χ1n) is 6.21. The number of hydrogen-bond donors (Lipinski definition) is 1. The van der Waals surface area contributed by atoms with E-state index in [0.29, 0.717) is 26.3 Å². The highest BCUT2D eigenvalue weighted by molar-refractivity contribution is 5.78. The third-order valence-corrected chi connectivity index (χ3v) is 2.75. The SMILES string of the molecule is COCCN(CCOC)C(=O)Cc1cccc(O)c1. The first-order valence-corrected chi connectivity index (χ1v) is 6.21. The average Bonchev–Trinajstić information content (AvgIpc) is 2.38. The standard InChI is InChI=1S/C14H21NO4/c1-18-8-6-15(7-9-19-2)14(17)11-12-4-3-5-13(16)10-12/h3-5,10,16H,6-9,11H2,1-2H3. The quantitative estimate of drug-likeness (QED) is 0.765. The van der Waals surface area contributed by atoms with Crippen molar-refractivity contribution < 1.29 is 19.4 Å². The Bertz CT molecular complexity index is 387. The number of rotatable bonds is 8. The number of aromatic hydroxyl groups is 1. The first-order chi connectivity index (χ1) is 9.17. The van der Waals surface area contributed by atoms with Gasteiger partial charge >= 0.3 is 0 Å². The van der Waals surface area contributed by atoms with Crippen LogP contribution < -0.4 is 0 Å². The summed E-state index contributed by atoms with van der Waals surface area (Å²) < 4.78 is 9.99. The normalized spacial score (nSPS) is 10.4. The summed E-state index contributed by atoms with van der Waals surface area (Å²) in [5.74, 6) is 0.172. The molecule has 1 aromatic carbocycles. The summed E-state index contributed by atoms with van der Waals surface area (Å²) in [6.07, 6.45) is 0.266. The molecule has 0 fully saturated rings. The highest BCUT2D eigenvalue weighted by atomic mass is 16.5. The molecule has 0 radical (unpaired) electrons. The Hall–Kier alpha value is -1.59. The van der Waals surface area contributed by atoms with Gasteiger partial charge in [-0.15, -0.1) is 0 Å². The van der Waals surface area contributed by atoms with Gasteiger partial charge in [0, 0.05) is 27.3 Å². The summed E-state index contributed by atoms with van der Waals surface area (Å²) in [7, 11) is 3.21. The third-order valence-electron chi connectivity index (χ3n) is 2.75. The van der Waals surface area contributed by atoms with E-state index in [0.717, 1.165) is 5.56 Å². The fourth-order valence-electron chi connectivity index (χ4n) is 1.72. The second-order valence-corrected chi connectivity index (χ2v) is 4.21. The van der Waals surface area contributed by atoms with Gasteiger partial charge in [0.15, 0.2) is 0 Å².